The Morgan fingerprint density at radius 1 is 1.36 bits per heavy atom. The van der Waals surface area contributed by atoms with Crippen molar-refractivity contribution in [3.63, 3.8) is 0 Å². The Hall–Kier alpha value is -1.32. The predicted molar refractivity (Wildman–Crippen MR) is 88.3 cm³/mol. The van der Waals surface area contributed by atoms with E-state index in [4.69, 9.17) is 4.74 Å². The lowest BCUT2D eigenvalue weighted by Crippen LogP contribution is -2.44. The number of amides is 1. The number of hydrogen-bond acceptors (Lipinski definition) is 3. The zero-order valence-electron chi connectivity index (χ0n) is 14.7. The van der Waals surface area contributed by atoms with Crippen LogP contribution < -0.4 is 5.32 Å². The molecule has 4 nitrogen and oxygen atoms in total. The molecule has 3 unspecified atom stereocenters. The summed E-state index contributed by atoms with van der Waals surface area (Å²) in [5, 5.41) is 2.98. The topological polar surface area (TPSA) is 55.4 Å². The van der Waals surface area contributed by atoms with Crippen LogP contribution in [-0.4, -0.2) is 24.5 Å². The third kappa shape index (κ3) is 5.47. The van der Waals surface area contributed by atoms with E-state index in [1.54, 1.807) is 6.92 Å². The van der Waals surface area contributed by atoms with Crippen LogP contribution >= 0.6 is 0 Å². The van der Waals surface area contributed by atoms with Gasteiger partial charge in [-0.15, -0.1) is 0 Å². The Balaban J connectivity index is 2.67. The molecule has 0 spiro atoms. The largest absolute Gasteiger partial charge is 0.466 e. The number of ether oxygens (including phenoxy) is 1. The molecule has 3 atom stereocenters. The summed E-state index contributed by atoms with van der Waals surface area (Å²) in [4.78, 5) is 24.1. The number of hydrogen-bond donors (Lipinski definition) is 1. The van der Waals surface area contributed by atoms with Crippen molar-refractivity contribution in [2.24, 2.45) is 17.3 Å². The summed E-state index contributed by atoms with van der Waals surface area (Å²) in [5.41, 5.74) is 1.26. The summed E-state index contributed by atoms with van der Waals surface area (Å²) < 4.78 is 4.93. The lowest BCUT2D eigenvalue weighted by Gasteiger charge is -2.40. The van der Waals surface area contributed by atoms with E-state index in [1.807, 2.05) is 13.8 Å². The van der Waals surface area contributed by atoms with E-state index in [0.29, 0.717) is 6.61 Å². The second-order valence-electron chi connectivity index (χ2n) is 7.39. The zero-order valence-corrected chi connectivity index (χ0v) is 14.7. The van der Waals surface area contributed by atoms with Crippen molar-refractivity contribution in [3.05, 3.63) is 12.2 Å². The summed E-state index contributed by atoms with van der Waals surface area (Å²) in [6.45, 7) is 14.5. The summed E-state index contributed by atoms with van der Waals surface area (Å²) in [7, 11) is 0. The molecule has 0 heterocycles. The van der Waals surface area contributed by atoms with Crippen LogP contribution in [0.25, 0.3) is 0 Å². The molecule has 0 aliphatic heterocycles. The van der Waals surface area contributed by atoms with Crippen molar-refractivity contribution >= 4 is 11.9 Å². The summed E-state index contributed by atoms with van der Waals surface area (Å²) in [6.07, 6.45) is 3.20. The normalized spacial score (nSPS) is 25.1. The number of rotatable bonds is 6. The zero-order chi connectivity index (χ0) is 16.9. The van der Waals surface area contributed by atoms with Gasteiger partial charge in [0.15, 0.2) is 0 Å². The highest BCUT2D eigenvalue weighted by Gasteiger charge is 2.39. The molecular formula is C18H31NO3. The smallest absolute Gasteiger partial charge is 0.307 e. The Kier molecular flexibility index (Phi) is 6.64. The molecule has 0 aromatic carbocycles. The third-order valence-corrected chi connectivity index (χ3v) is 4.53. The average Bonchev–Trinajstić information content (AvgIpc) is 2.36. The highest BCUT2D eigenvalue weighted by atomic mass is 16.5. The molecule has 1 amide bonds. The Bertz CT molecular complexity index is 428. The van der Waals surface area contributed by atoms with Crippen LogP contribution in [0.1, 0.15) is 60.3 Å². The van der Waals surface area contributed by atoms with Crippen molar-refractivity contribution in [3.8, 4) is 0 Å². The fourth-order valence-corrected chi connectivity index (χ4v) is 3.32. The number of carbonyl (C=O) groups is 2. The van der Waals surface area contributed by atoms with E-state index in [0.717, 1.165) is 24.8 Å². The van der Waals surface area contributed by atoms with Crippen LogP contribution in [0.4, 0.5) is 0 Å². The minimum absolute atomic E-state index is 0.0394. The molecule has 1 rings (SSSR count). The van der Waals surface area contributed by atoms with Gasteiger partial charge in [-0.05, 0) is 51.4 Å². The molecule has 4 heteroatoms. The summed E-state index contributed by atoms with van der Waals surface area (Å²) in [6, 6.07) is -0.206. The quantitative estimate of drug-likeness (QED) is 0.604. The summed E-state index contributed by atoms with van der Waals surface area (Å²) in [5.74, 6) is -0.0398. The molecule has 0 saturated heterocycles. The fraction of sp³-hybridized carbons (Fsp3) is 0.778. The lowest BCUT2D eigenvalue weighted by atomic mass is 9.65. The van der Waals surface area contributed by atoms with Crippen molar-refractivity contribution in [1.29, 1.82) is 0 Å². The first-order chi connectivity index (χ1) is 10.2. The van der Waals surface area contributed by atoms with Gasteiger partial charge in [0, 0.05) is 12.0 Å². The number of esters is 1. The maximum Gasteiger partial charge on any atom is 0.307 e. The van der Waals surface area contributed by atoms with Gasteiger partial charge < -0.3 is 10.1 Å². The van der Waals surface area contributed by atoms with Crippen molar-refractivity contribution < 1.29 is 14.3 Å². The second kappa shape index (κ2) is 7.80. The fourth-order valence-electron chi connectivity index (χ4n) is 3.32. The van der Waals surface area contributed by atoms with Crippen molar-refractivity contribution in [1.82, 2.24) is 5.32 Å². The van der Waals surface area contributed by atoms with E-state index in [-0.39, 0.29) is 41.6 Å². The van der Waals surface area contributed by atoms with E-state index in [1.165, 1.54) is 0 Å². The van der Waals surface area contributed by atoms with E-state index < -0.39 is 0 Å². The Morgan fingerprint density at radius 3 is 2.55 bits per heavy atom. The van der Waals surface area contributed by atoms with Gasteiger partial charge in [-0.2, -0.15) is 0 Å². The Labute approximate surface area is 134 Å². The standard InChI is InChI=1S/C18H31NO3/c1-7-22-16(20)10-13(4)19-17(21)15-11-18(5,6)9-8-14(15)12(2)3/h13-15H,2,7-11H2,1,3-6H3,(H,19,21). The maximum atomic E-state index is 12.6. The van der Waals surface area contributed by atoms with E-state index in [9.17, 15) is 9.59 Å². The highest BCUT2D eigenvalue weighted by molar-refractivity contribution is 5.80. The van der Waals surface area contributed by atoms with E-state index in [2.05, 4.69) is 25.7 Å². The van der Waals surface area contributed by atoms with Gasteiger partial charge in [-0.1, -0.05) is 26.0 Å². The molecule has 0 bridgehead atoms. The van der Waals surface area contributed by atoms with Gasteiger partial charge >= 0.3 is 5.97 Å². The molecule has 1 aliphatic carbocycles. The molecule has 1 saturated carbocycles. The minimum atomic E-state index is -0.268. The molecule has 1 fully saturated rings. The number of allylic oxidation sites excluding steroid dienone is 1. The summed E-state index contributed by atoms with van der Waals surface area (Å²) >= 11 is 0. The third-order valence-electron chi connectivity index (χ3n) is 4.53. The van der Waals surface area contributed by atoms with E-state index >= 15 is 0 Å². The van der Waals surface area contributed by atoms with Crippen LogP contribution in [0.5, 0.6) is 0 Å². The van der Waals surface area contributed by atoms with Crippen molar-refractivity contribution in [2.45, 2.75) is 66.3 Å². The van der Waals surface area contributed by atoms with Gasteiger partial charge in [0.05, 0.1) is 13.0 Å². The molecule has 0 aromatic heterocycles. The Morgan fingerprint density at radius 2 is 2.00 bits per heavy atom. The first-order valence-electron chi connectivity index (χ1n) is 8.27. The van der Waals surface area contributed by atoms with Crippen LogP contribution in [0.3, 0.4) is 0 Å². The lowest BCUT2D eigenvalue weighted by molar-refractivity contribution is -0.143. The van der Waals surface area contributed by atoms with Gasteiger partial charge in [0.25, 0.3) is 0 Å². The molecule has 22 heavy (non-hydrogen) atoms. The predicted octanol–water partition coefficient (Wildman–Crippen LogP) is 3.46. The van der Waals surface area contributed by atoms with Gasteiger partial charge in [-0.3, -0.25) is 9.59 Å². The van der Waals surface area contributed by atoms with Gasteiger partial charge in [0.1, 0.15) is 0 Å². The number of nitrogens with one attached hydrogen (secondary N) is 1. The van der Waals surface area contributed by atoms with Gasteiger partial charge in [0.2, 0.25) is 5.91 Å². The van der Waals surface area contributed by atoms with Crippen molar-refractivity contribution in [2.75, 3.05) is 6.61 Å². The van der Waals surface area contributed by atoms with Crippen LogP contribution in [0.2, 0.25) is 0 Å². The monoisotopic (exact) mass is 309 g/mol. The average molecular weight is 309 g/mol. The first kappa shape index (κ1) is 18.7. The first-order valence-corrected chi connectivity index (χ1v) is 8.27. The highest BCUT2D eigenvalue weighted by Crippen LogP contribution is 2.44. The number of carbonyl (C=O) groups excluding carboxylic acids is 2. The SMILES string of the molecule is C=C(C)C1CCC(C)(C)CC1C(=O)NC(C)CC(=O)OCC. The van der Waals surface area contributed by atoms with Gasteiger partial charge in [-0.25, -0.2) is 0 Å². The maximum absolute atomic E-state index is 12.6. The van der Waals surface area contributed by atoms with Crippen LogP contribution in [-0.2, 0) is 14.3 Å². The molecular weight excluding hydrogens is 278 g/mol. The molecule has 126 valence electrons. The second-order valence-corrected chi connectivity index (χ2v) is 7.39. The van der Waals surface area contributed by atoms with Crippen LogP contribution in [0, 0.1) is 17.3 Å². The molecule has 1 N–H and O–H groups in total. The molecule has 1 aliphatic rings. The minimum Gasteiger partial charge on any atom is -0.466 e. The molecule has 0 aromatic rings. The molecule has 0 radical (unpaired) electrons. The van der Waals surface area contributed by atoms with Crippen LogP contribution in [0.15, 0.2) is 12.2 Å².